The van der Waals surface area contributed by atoms with Crippen LogP contribution in [-0.2, 0) is 16.1 Å². The minimum absolute atomic E-state index is 0.0369. The maximum absolute atomic E-state index is 13.4. The van der Waals surface area contributed by atoms with E-state index in [-0.39, 0.29) is 17.9 Å². The molecule has 0 heterocycles. The standard InChI is InChI=1S/C28H38N2O4/c1-3-26(28(32)29-23-13-6-4-7-14-23)30(21-22-12-10-17-25(20-22)33-2)27(31)18-11-19-34-24-15-8-5-9-16-24/h5,8-10,12,15-17,20,23,26H,3-4,6-7,11,13-14,18-19,21H2,1-2H3,(H,29,32)/t26-/m1/s1. The molecule has 0 radical (unpaired) electrons. The monoisotopic (exact) mass is 466 g/mol. The Morgan fingerprint density at radius 2 is 1.76 bits per heavy atom. The van der Waals surface area contributed by atoms with Crippen LogP contribution in [0.1, 0.15) is 63.9 Å². The highest BCUT2D eigenvalue weighted by Gasteiger charge is 2.30. The van der Waals surface area contributed by atoms with Crippen molar-refractivity contribution in [2.24, 2.45) is 0 Å². The van der Waals surface area contributed by atoms with E-state index in [9.17, 15) is 9.59 Å². The van der Waals surface area contributed by atoms with Gasteiger partial charge in [-0.05, 0) is 55.5 Å². The number of ether oxygens (including phenoxy) is 2. The smallest absolute Gasteiger partial charge is 0.243 e. The van der Waals surface area contributed by atoms with Gasteiger partial charge in [-0.3, -0.25) is 9.59 Å². The fraction of sp³-hybridized carbons (Fsp3) is 0.500. The average molecular weight is 467 g/mol. The molecule has 1 aliphatic rings. The molecular weight excluding hydrogens is 428 g/mol. The summed E-state index contributed by atoms with van der Waals surface area (Å²) in [6.07, 6.45) is 7.04. The maximum Gasteiger partial charge on any atom is 0.243 e. The molecule has 1 N–H and O–H groups in total. The van der Waals surface area contributed by atoms with Crippen LogP contribution in [0.15, 0.2) is 54.6 Å². The largest absolute Gasteiger partial charge is 0.497 e. The molecule has 6 nitrogen and oxygen atoms in total. The summed E-state index contributed by atoms with van der Waals surface area (Å²) in [4.78, 5) is 28.4. The zero-order chi connectivity index (χ0) is 24.2. The molecule has 1 atom stereocenters. The molecule has 2 amide bonds. The number of nitrogens with one attached hydrogen (secondary N) is 1. The average Bonchev–Trinajstić information content (AvgIpc) is 2.87. The summed E-state index contributed by atoms with van der Waals surface area (Å²) in [5.74, 6) is 1.44. The number of amides is 2. The lowest BCUT2D eigenvalue weighted by Gasteiger charge is -2.33. The highest BCUT2D eigenvalue weighted by molar-refractivity contribution is 5.87. The molecule has 0 unspecified atom stereocenters. The number of hydrogen-bond acceptors (Lipinski definition) is 4. The Labute approximate surface area is 203 Å². The Morgan fingerprint density at radius 1 is 1.03 bits per heavy atom. The molecule has 0 spiro atoms. The third-order valence-electron chi connectivity index (χ3n) is 6.37. The number of rotatable bonds is 12. The fourth-order valence-electron chi connectivity index (χ4n) is 4.51. The predicted molar refractivity (Wildman–Crippen MR) is 134 cm³/mol. The van der Waals surface area contributed by atoms with Crippen molar-refractivity contribution in [2.75, 3.05) is 13.7 Å². The summed E-state index contributed by atoms with van der Waals surface area (Å²) >= 11 is 0. The minimum atomic E-state index is -0.504. The normalized spacial score (nSPS) is 14.8. The van der Waals surface area contributed by atoms with E-state index in [1.807, 2.05) is 61.5 Å². The predicted octanol–water partition coefficient (Wildman–Crippen LogP) is 5.11. The van der Waals surface area contributed by atoms with E-state index in [0.29, 0.717) is 32.4 Å². The van der Waals surface area contributed by atoms with Crippen molar-refractivity contribution in [3.05, 3.63) is 60.2 Å². The lowest BCUT2D eigenvalue weighted by molar-refractivity contribution is -0.142. The van der Waals surface area contributed by atoms with Crippen molar-refractivity contribution in [3.63, 3.8) is 0 Å². The molecule has 0 saturated heterocycles. The summed E-state index contributed by atoms with van der Waals surface area (Å²) in [5, 5.41) is 3.22. The maximum atomic E-state index is 13.4. The Morgan fingerprint density at radius 3 is 2.47 bits per heavy atom. The van der Waals surface area contributed by atoms with E-state index in [1.165, 1.54) is 6.42 Å². The molecule has 1 aliphatic carbocycles. The van der Waals surface area contributed by atoms with Gasteiger partial charge in [0.25, 0.3) is 0 Å². The number of nitrogens with zero attached hydrogens (tertiary/aromatic N) is 1. The molecule has 0 aromatic heterocycles. The molecule has 184 valence electrons. The summed E-state index contributed by atoms with van der Waals surface area (Å²) in [6, 6.07) is 17.0. The minimum Gasteiger partial charge on any atom is -0.497 e. The van der Waals surface area contributed by atoms with Gasteiger partial charge in [-0.15, -0.1) is 0 Å². The lowest BCUT2D eigenvalue weighted by atomic mass is 9.95. The number of para-hydroxylation sites is 1. The second-order valence-corrected chi connectivity index (χ2v) is 8.91. The van der Waals surface area contributed by atoms with Gasteiger partial charge in [0, 0.05) is 19.0 Å². The highest BCUT2D eigenvalue weighted by atomic mass is 16.5. The van der Waals surface area contributed by atoms with Crippen LogP contribution in [0.2, 0.25) is 0 Å². The lowest BCUT2D eigenvalue weighted by Crippen LogP contribution is -2.51. The third kappa shape index (κ3) is 7.79. The molecule has 1 fully saturated rings. The van der Waals surface area contributed by atoms with Crippen molar-refractivity contribution in [2.45, 2.75) is 76.9 Å². The van der Waals surface area contributed by atoms with E-state index in [1.54, 1.807) is 12.0 Å². The number of carbonyl (C=O) groups excluding carboxylic acids is 2. The second kappa shape index (κ2) is 13.6. The van der Waals surface area contributed by atoms with Gasteiger partial charge in [0.1, 0.15) is 17.5 Å². The summed E-state index contributed by atoms with van der Waals surface area (Å²) < 4.78 is 11.1. The first kappa shape index (κ1) is 25.6. The second-order valence-electron chi connectivity index (χ2n) is 8.91. The Hall–Kier alpha value is -3.02. The zero-order valence-corrected chi connectivity index (χ0v) is 20.5. The summed E-state index contributed by atoms with van der Waals surface area (Å²) in [6.45, 7) is 2.79. The molecule has 1 saturated carbocycles. The first-order valence-electron chi connectivity index (χ1n) is 12.5. The van der Waals surface area contributed by atoms with Crippen LogP contribution in [0, 0.1) is 0 Å². The van der Waals surface area contributed by atoms with Crippen LogP contribution in [0.5, 0.6) is 11.5 Å². The van der Waals surface area contributed by atoms with Gasteiger partial charge < -0.3 is 19.7 Å². The van der Waals surface area contributed by atoms with E-state index in [2.05, 4.69) is 5.32 Å². The van der Waals surface area contributed by atoms with Crippen molar-refractivity contribution in [1.29, 1.82) is 0 Å². The molecule has 3 rings (SSSR count). The van der Waals surface area contributed by atoms with Crippen LogP contribution in [0.3, 0.4) is 0 Å². The summed E-state index contributed by atoms with van der Waals surface area (Å²) in [7, 11) is 1.63. The van der Waals surface area contributed by atoms with E-state index in [0.717, 1.165) is 42.7 Å². The van der Waals surface area contributed by atoms with Crippen LogP contribution in [0.25, 0.3) is 0 Å². The number of carbonyl (C=O) groups is 2. The van der Waals surface area contributed by atoms with Gasteiger partial charge in [-0.25, -0.2) is 0 Å². The summed E-state index contributed by atoms with van der Waals surface area (Å²) in [5.41, 5.74) is 0.942. The van der Waals surface area contributed by atoms with E-state index >= 15 is 0 Å². The van der Waals surface area contributed by atoms with Gasteiger partial charge in [0.05, 0.1) is 13.7 Å². The van der Waals surface area contributed by atoms with Crippen molar-refractivity contribution < 1.29 is 19.1 Å². The third-order valence-corrected chi connectivity index (χ3v) is 6.37. The van der Waals surface area contributed by atoms with Gasteiger partial charge in [0.2, 0.25) is 11.8 Å². The zero-order valence-electron chi connectivity index (χ0n) is 20.5. The molecule has 0 aliphatic heterocycles. The Kier molecular flexibility index (Phi) is 10.3. The van der Waals surface area contributed by atoms with Crippen molar-refractivity contribution in [1.82, 2.24) is 10.2 Å². The van der Waals surface area contributed by atoms with Gasteiger partial charge in [-0.1, -0.05) is 56.5 Å². The van der Waals surface area contributed by atoms with Crippen molar-refractivity contribution in [3.8, 4) is 11.5 Å². The number of hydrogen-bond donors (Lipinski definition) is 1. The molecule has 2 aromatic carbocycles. The van der Waals surface area contributed by atoms with Crippen LogP contribution >= 0.6 is 0 Å². The Balaban J connectivity index is 1.67. The van der Waals surface area contributed by atoms with E-state index in [4.69, 9.17) is 9.47 Å². The van der Waals surface area contributed by atoms with E-state index < -0.39 is 6.04 Å². The molecule has 6 heteroatoms. The number of methoxy groups -OCH3 is 1. The Bertz CT molecular complexity index is 896. The molecule has 2 aromatic rings. The van der Waals surface area contributed by atoms with Crippen LogP contribution in [0.4, 0.5) is 0 Å². The van der Waals surface area contributed by atoms with Crippen LogP contribution < -0.4 is 14.8 Å². The van der Waals surface area contributed by atoms with Crippen molar-refractivity contribution >= 4 is 11.8 Å². The fourth-order valence-corrected chi connectivity index (χ4v) is 4.51. The topological polar surface area (TPSA) is 67.9 Å². The highest BCUT2D eigenvalue weighted by Crippen LogP contribution is 2.21. The van der Waals surface area contributed by atoms with Gasteiger partial charge in [-0.2, -0.15) is 0 Å². The van der Waals surface area contributed by atoms with Gasteiger partial charge >= 0.3 is 0 Å². The quantitative estimate of drug-likeness (QED) is 0.442. The molecular formula is C28H38N2O4. The van der Waals surface area contributed by atoms with Gasteiger partial charge in [0.15, 0.2) is 0 Å². The first-order valence-corrected chi connectivity index (χ1v) is 12.5. The number of benzene rings is 2. The molecule has 0 bridgehead atoms. The van der Waals surface area contributed by atoms with Crippen LogP contribution in [-0.4, -0.2) is 42.5 Å². The SMILES string of the molecule is CC[C@H](C(=O)NC1CCCCC1)N(Cc1cccc(OC)c1)C(=O)CCCOc1ccccc1. The first-order chi connectivity index (χ1) is 16.6. The molecule has 34 heavy (non-hydrogen) atoms.